The van der Waals surface area contributed by atoms with Gasteiger partial charge in [-0.15, -0.1) is 0 Å². The van der Waals surface area contributed by atoms with Gasteiger partial charge in [-0.3, -0.25) is 0 Å². The monoisotopic (exact) mass is 262 g/mol. The van der Waals surface area contributed by atoms with Gasteiger partial charge in [-0.1, -0.05) is 6.92 Å². The molecule has 0 aliphatic rings. The van der Waals surface area contributed by atoms with Gasteiger partial charge in [0.15, 0.2) is 0 Å². The summed E-state index contributed by atoms with van der Waals surface area (Å²) in [6, 6.07) is -1.13. The minimum absolute atomic E-state index is 0.219. The van der Waals surface area contributed by atoms with Crippen molar-refractivity contribution in [2.45, 2.75) is 32.5 Å². The summed E-state index contributed by atoms with van der Waals surface area (Å²) in [6.07, 6.45) is -5.52. The van der Waals surface area contributed by atoms with Crippen LogP contribution in [0, 0.1) is 0 Å². The van der Waals surface area contributed by atoms with Crippen LogP contribution < -0.4 is 10.0 Å². The summed E-state index contributed by atoms with van der Waals surface area (Å²) in [5.41, 5.74) is 0. The zero-order valence-corrected chi connectivity index (χ0v) is 10.1. The topological polar surface area (TPSA) is 58.2 Å². The van der Waals surface area contributed by atoms with E-state index in [0.717, 1.165) is 0 Å². The fourth-order valence-electron chi connectivity index (χ4n) is 1.14. The summed E-state index contributed by atoms with van der Waals surface area (Å²) >= 11 is 0. The zero-order valence-electron chi connectivity index (χ0n) is 9.26. The molecule has 0 aromatic heterocycles. The van der Waals surface area contributed by atoms with Crippen LogP contribution in [0.3, 0.4) is 0 Å². The molecule has 0 aromatic rings. The Labute approximate surface area is 93.7 Å². The van der Waals surface area contributed by atoms with Crippen LogP contribution >= 0.6 is 0 Å². The number of sulfonamides is 1. The van der Waals surface area contributed by atoms with Crippen molar-refractivity contribution in [2.24, 2.45) is 0 Å². The van der Waals surface area contributed by atoms with E-state index in [1.54, 1.807) is 0 Å². The lowest BCUT2D eigenvalue weighted by atomic mass is 10.2. The molecule has 0 saturated heterocycles. The van der Waals surface area contributed by atoms with Crippen molar-refractivity contribution in [2.75, 3.05) is 18.8 Å². The smallest absolute Gasteiger partial charge is 0.316 e. The van der Waals surface area contributed by atoms with Gasteiger partial charge in [-0.25, -0.2) is 13.1 Å². The van der Waals surface area contributed by atoms with E-state index in [1.807, 2.05) is 11.6 Å². The van der Waals surface area contributed by atoms with Crippen LogP contribution in [-0.4, -0.2) is 39.5 Å². The second-order valence-corrected chi connectivity index (χ2v) is 5.38. The van der Waals surface area contributed by atoms with Crippen LogP contribution in [0.2, 0.25) is 0 Å². The molecule has 0 radical (unpaired) electrons. The highest BCUT2D eigenvalue weighted by Gasteiger charge is 2.31. The summed E-state index contributed by atoms with van der Waals surface area (Å²) in [5, 5.41) is 2.78. The fraction of sp³-hybridized carbons (Fsp3) is 1.00. The number of hydrogen-bond donors (Lipinski definition) is 2. The Balaban J connectivity index is 4.06. The summed E-state index contributed by atoms with van der Waals surface area (Å²) in [7, 11) is -3.64. The normalized spacial score (nSPS) is 15.1. The molecular formula is C8H17F3N2O2S. The van der Waals surface area contributed by atoms with Gasteiger partial charge < -0.3 is 5.32 Å². The molecule has 0 bridgehead atoms. The van der Waals surface area contributed by atoms with Crippen molar-refractivity contribution in [3.05, 3.63) is 0 Å². The zero-order chi connectivity index (χ0) is 12.8. The summed E-state index contributed by atoms with van der Waals surface area (Å²) in [6.45, 7) is 3.85. The van der Waals surface area contributed by atoms with Crippen molar-refractivity contribution in [1.29, 1.82) is 0 Å². The Morgan fingerprint density at radius 3 is 2.31 bits per heavy atom. The average molecular weight is 262 g/mol. The van der Waals surface area contributed by atoms with Crippen LogP contribution in [0.15, 0.2) is 0 Å². The molecular weight excluding hydrogens is 245 g/mol. The number of alkyl halides is 3. The van der Waals surface area contributed by atoms with Crippen molar-refractivity contribution in [3.8, 4) is 0 Å². The molecule has 98 valence electrons. The molecule has 16 heavy (non-hydrogen) atoms. The molecule has 0 aliphatic heterocycles. The van der Waals surface area contributed by atoms with Gasteiger partial charge >= 0.3 is 6.18 Å². The van der Waals surface area contributed by atoms with E-state index in [4.69, 9.17) is 0 Å². The minimum atomic E-state index is -4.36. The predicted molar refractivity (Wildman–Crippen MR) is 55.6 cm³/mol. The standard InChI is InChI=1S/C8H17F3N2O2S/c1-3-12-4-5-16(14,15)13-7(2)6-8(9,10)11/h7,12-13H,3-6H2,1-2H3. The highest BCUT2D eigenvalue weighted by Crippen LogP contribution is 2.21. The Kier molecular flexibility index (Phi) is 6.27. The predicted octanol–water partition coefficient (Wildman–Crippen LogP) is 0.856. The van der Waals surface area contributed by atoms with E-state index in [9.17, 15) is 21.6 Å². The van der Waals surface area contributed by atoms with Gasteiger partial charge in [-0.05, 0) is 13.5 Å². The molecule has 0 aromatic carbocycles. The van der Waals surface area contributed by atoms with Crippen LogP contribution in [-0.2, 0) is 10.0 Å². The SMILES string of the molecule is CCNCCS(=O)(=O)NC(C)CC(F)(F)F. The van der Waals surface area contributed by atoms with Crippen LogP contribution in [0.1, 0.15) is 20.3 Å². The van der Waals surface area contributed by atoms with E-state index < -0.39 is 28.7 Å². The lowest BCUT2D eigenvalue weighted by molar-refractivity contribution is -0.137. The molecule has 0 rings (SSSR count). The first-order chi connectivity index (χ1) is 7.16. The van der Waals surface area contributed by atoms with E-state index in [-0.39, 0.29) is 12.3 Å². The summed E-state index contributed by atoms with van der Waals surface area (Å²) in [5.74, 6) is -0.219. The molecule has 0 saturated carbocycles. The van der Waals surface area contributed by atoms with E-state index in [0.29, 0.717) is 6.54 Å². The van der Waals surface area contributed by atoms with Crippen molar-refractivity contribution < 1.29 is 21.6 Å². The van der Waals surface area contributed by atoms with Gasteiger partial charge in [0.2, 0.25) is 10.0 Å². The summed E-state index contributed by atoms with van der Waals surface area (Å²) < 4.78 is 60.4. The van der Waals surface area contributed by atoms with Crippen molar-refractivity contribution in [3.63, 3.8) is 0 Å². The third-order valence-electron chi connectivity index (χ3n) is 1.72. The average Bonchev–Trinajstić information content (AvgIpc) is 1.98. The van der Waals surface area contributed by atoms with Gasteiger partial charge in [0.25, 0.3) is 0 Å². The van der Waals surface area contributed by atoms with E-state index in [1.165, 1.54) is 6.92 Å². The number of nitrogens with one attached hydrogen (secondary N) is 2. The maximum Gasteiger partial charge on any atom is 0.390 e. The van der Waals surface area contributed by atoms with Gasteiger partial charge in [0.1, 0.15) is 0 Å². The first-order valence-electron chi connectivity index (χ1n) is 4.94. The highest BCUT2D eigenvalue weighted by molar-refractivity contribution is 7.89. The molecule has 0 heterocycles. The quantitative estimate of drug-likeness (QED) is 0.669. The largest absolute Gasteiger partial charge is 0.390 e. The molecule has 0 amide bonds. The van der Waals surface area contributed by atoms with Crippen LogP contribution in [0.5, 0.6) is 0 Å². The fourth-order valence-corrected chi connectivity index (χ4v) is 2.36. The molecule has 1 atom stereocenters. The van der Waals surface area contributed by atoms with E-state index in [2.05, 4.69) is 5.32 Å². The molecule has 1 unspecified atom stereocenters. The number of rotatable bonds is 7. The first kappa shape index (κ1) is 15.7. The molecule has 0 spiro atoms. The molecule has 8 heteroatoms. The Morgan fingerprint density at radius 1 is 1.31 bits per heavy atom. The van der Waals surface area contributed by atoms with Gasteiger partial charge in [-0.2, -0.15) is 13.2 Å². The minimum Gasteiger partial charge on any atom is -0.316 e. The maximum atomic E-state index is 11.9. The van der Waals surface area contributed by atoms with Gasteiger partial charge in [0.05, 0.1) is 12.2 Å². The third-order valence-corrected chi connectivity index (χ3v) is 3.22. The molecule has 0 fully saturated rings. The molecule has 4 nitrogen and oxygen atoms in total. The van der Waals surface area contributed by atoms with Crippen LogP contribution in [0.4, 0.5) is 13.2 Å². The lowest BCUT2D eigenvalue weighted by Crippen LogP contribution is -2.39. The molecule has 0 aliphatic carbocycles. The van der Waals surface area contributed by atoms with Gasteiger partial charge in [0, 0.05) is 12.6 Å². The lowest BCUT2D eigenvalue weighted by Gasteiger charge is -2.15. The van der Waals surface area contributed by atoms with E-state index >= 15 is 0 Å². The Morgan fingerprint density at radius 2 is 1.88 bits per heavy atom. The first-order valence-corrected chi connectivity index (χ1v) is 6.59. The second-order valence-electron chi connectivity index (χ2n) is 3.51. The maximum absolute atomic E-state index is 11.9. The summed E-state index contributed by atoms with van der Waals surface area (Å²) in [4.78, 5) is 0. The van der Waals surface area contributed by atoms with Crippen molar-refractivity contribution in [1.82, 2.24) is 10.0 Å². The van der Waals surface area contributed by atoms with Crippen molar-refractivity contribution >= 4 is 10.0 Å². The van der Waals surface area contributed by atoms with Crippen LogP contribution in [0.25, 0.3) is 0 Å². The Bertz CT molecular complexity index is 290. The molecule has 2 N–H and O–H groups in total. The number of hydrogen-bond acceptors (Lipinski definition) is 3. The Hall–Kier alpha value is -0.340. The second kappa shape index (κ2) is 6.41. The highest BCUT2D eigenvalue weighted by atomic mass is 32.2. The third kappa shape index (κ3) is 8.93. The number of halogens is 3.